The van der Waals surface area contributed by atoms with Crippen molar-refractivity contribution in [2.24, 2.45) is 11.8 Å². The molecule has 5 rings (SSSR count). The Morgan fingerprint density at radius 1 is 0.692 bits per heavy atom. The van der Waals surface area contributed by atoms with Gasteiger partial charge in [0.05, 0.1) is 22.6 Å². The minimum absolute atomic E-state index is 0.169. The zero-order valence-electron chi connectivity index (χ0n) is 14.5. The number of hydrogen-bond acceptors (Lipinski definition) is 7. The van der Waals surface area contributed by atoms with E-state index in [1.54, 1.807) is 0 Å². The largest absolute Gasteiger partial charge is 0.299 e. The number of carbonyl (C=O) groups excluding carboxylic acids is 1. The number of rotatable bonds is 2. The lowest BCUT2D eigenvalue weighted by molar-refractivity contribution is -0.123. The highest BCUT2D eigenvalue weighted by Crippen LogP contribution is 2.61. The molecule has 5 aliphatic rings. The number of ketones is 1. The number of nitrogens with zero attached hydrogens (tertiary/aromatic N) is 2. The minimum atomic E-state index is 0.169. The second-order valence-electron chi connectivity index (χ2n) is 8.10. The molecule has 0 aromatic rings. The third kappa shape index (κ3) is 2.93. The zero-order valence-corrected chi connectivity index (χ0v) is 17.7. The fourth-order valence-corrected chi connectivity index (χ4v) is 12.9. The molecule has 4 heterocycles. The third-order valence-electron chi connectivity index (χ3n) is 6.71. The lowest BCUT2D eigenvalue weighted by Gasteiger charge is -2.21. The first kappa shape index (κ1) is 18.1. The molecule has 4 saturated heterocycles. The van der Waals surface area contributed by atoms with Gasteiger partial charge in [0.25, 0.3) is 0 Å². The first-order valence-corrected chi connectivity index (χ1v) is 13.4. The van der Waals surface area contributed by atoms with Gasteiger partial charge in [0.15, 0.2) is 0 Å². The van der Waals surface area contributed by atoms with Crippen molar-refractivity contribution in [2.75, 3.05) is 0 Å². The molecule has 10 atom stereocenters. The predicted octanol–water partition coefficient (Wildman–Crippen LogP) is 4.13. The normalized spacial score (nSPS) is 52.6. The molecule has 138 valence electrons. The number of carbonyl (C=O) groups is 1. The maximum atomic E-state index is 13.1. The highest BCUT2D eigenvalue weighted by molar-refractivity contribution is 8.07. The van der Waals surface area contributed by atoms with Crippen molar-refractivity contribution in [1.29, 1.82) is 10.5 Å². The van der Waals surface area contributed by atoms with Crippen molar-refractivity contribution < 1.29 is 4.79 Å². The highest BCUT2D eigenvalue weighted by atomic mass is 32.2. The van der Waals surface area contributed by atoms with E-state index in [0.717, 1.165) is 38.5 Å². The van der Waals surface area contributed by atoms with Crippen LogP contribution in [0.5, 0.6) is 0 Å². The summed E-state index contributed by atoms with van der Waals surface area (Å²) in [6.07, 6.45) is 6.44. The van der Waals surface area contributed by atoms with Gasteiger partial charge in [-0.3, -0.25) is 4.79 Å². The SMILES string of the molecule is N#CC1CCC(C2CC3C(=O)C4CC(C5CCC(C#N)S5)SC4C3S2)S1. The van der Waals surface area contributed by atoms with Crippen LogP contribution in [0.4, 0.5) is 0 Å². The summed E-state index contributed by atoms with van der Waals surface area (Å²) in [6.45, 7) is 0. The quantitative estimate of drug-likeness (QED) is 0.663. The van der Waals surface area contributed by atoms with Crippen molar-refractivity contribution in [1.82, 2.24) is 0 Å². The van der Waals surface area contributed by atoms with E-state index >= 15 is 0 Å². The van der Waals surface area contributed by atoms with Gasteiger partial charge in [-0.15, -0.1) is 23.5 Å². The Morgan fingerprint density at radius 3 is 1.54 bits per heavy atom. The molecule has 0 aromatic carbocycles. The Bertz CT molecular complexity index is 632. The molecule has 26 heavy (non-hydrogen) atoms. The van der Waals surface area contributed by atoms with Crippen LogP contribution < -0.4 is 0 Å². The molecule has 5 fully saturated rings. The number of fused-ring (bicyclic) bond motifs is 3. The van der Waals surface area contributed by atoms with E-state index in [1.807, 2.05) is 23.5 Å². The number of Topliss-reactive ketones (excluding diaryl/α,β-unsaturated/α-hetero) is 1. The number of hydrogen-bond donors (Lipinski definition) is 0. The molecule has 1 saturated carbocycles. The number of thioether (sulfide) groups is 4. The second kappa shape index (κ2) is 7.14. The fourth-order valence-electron chi connectivity index (χ4n) is 5.46. The first-order chi connectivity index (χ1) is 12.7. The molecule has 0 aromatic heterocycles. The summed E-state index contributed by atoms with van der Waals surface area (Å²) in [4.78, 5) is 13.1. The molecule has 0 amide bonds. The van der Waals surface area contributed by atoms with E-state index < -0.39 is 0 Å². The Labute approximate surface area is 172 Å². The maximum Gasteiger partial charge on any atom is 0.141 e. The van der Waals surface area contributed by atoms with E-state index in [4.69, 9.17) is 10.5 Å². The van der Waals surface area contributed by atoms with Gasteiger partial charge in [-0.25, -0.2) is 0 Å². The van der Waals surface area contributed by atoms with Crippen molar-refractivity contribution in [3.63, 3.8) is 0 Å². The van der Waals surface area contributed by atoms with Crippen molar-refractivity contribution in [3.05, 3.63) is 0 Å². The summed E-state index contributed by atoms with van der Waals surface area (Å²) in [6, 6.07) is 4.83. The van der Waals surface area contributed by atoms with Crippen molar-refractivity contribution in [2.45, 2.75) is 80.5 Å². The first-order valence-electron chi connectivity index (χ1n) is 9.62. The van der Waals surface area contributed by atoms with E-state index in [-0.39, 0.29) is 22.3 Å². The van der Waals surface area contributed by atoms with Crippen LogP contribution in [0.15, 0.2) is 0 Å². The van der Waals surface area contributed by atoms with Gasteiger partial charge in [-0.1, -0.05) is 0 Å². The maximum absolute atomic E-state index is 13.1. The Hall–Kier alpha value is 0.0500. The molecular weight excluding hydrogens is 400 g/mol. The lowest BCUT2D eigenvalue weighted by atomic mass is 9.93. The van der Waals surface area contributed by atoms with E-state index in [9.17, 15) is 4.79 Å². The summed E-state index contributed by atoms with van der Waals surface area (Å²) in [5, 5.41) is 22.0. The lowest BCUT2D eigenvalue weighted by Crippen LogP contribution is -2.23. The second-order valence-corrected chi connectivity index (χ2v) is 13.8. The van der Waals surface area contributed by atoms with E-state index in [1.165, 1.54) is 0 Å². The smallest absolute Gasteiger partial charge is 0.141 e. The van der Waals surface area contributed by atoms with Gasteiger partial charge in [0.2, 0.25) is 0 Å². The Balaban J connectivity index is 1.24. The highest BCUT2D eigenvalue weighted by Gasteiger charge is 2.60. The van der Waals surface area contributed by atoms with Crippen molar-refractivity contribution >= 4 is 52.8 Å². The van der Waals surface area contributed by atoms with Gasteiger partial charge in [0.1, 0.15) is 5.78 Å². The molecular formula is C19H22N2OS4. The van der Waals surface area contributed by atoms with Crippen molar-refractivity contribution in [3.8, 4) is 12.1 Å². The van der Waals surface area contributed by atoms with Crippen LogP contribution in [-0.4, -0.2) is 47.8 Å². The molecule has 3 nitrogen and oxygen atoms in total. The fraction of sp³-hybridized carbons (Fsp3) is 0.842. The van der Waals surface area contributed by atoms with Crippen LogP contribution in [0.1, 0.15) is 38.5 Å². The van der Waals surface area contributed by atoms with Crippen LogP contribution in [0.3, 0.4) is 0 Å². The molecule has 0 spiro atoms. The zero-order chi connectivity index (χ0) is 17.8. The monoisotopic (exact) mass is 422 g/mol. The molecule has 10 unspecified atom stereocenters. The minimum Gasteiger partial charge on any atom is -0.299 e. The van der Waals surface area contributed by atoms with Crippen LogP contribution in [0.25, 0.3) is 0 Å². The van der Waals surface area contributed by atoms with E-state index in [2.05, 4.69) is 35.7 Å². The van der Waals surface area contributed by atoms with Crippen LogP contribution in [0.2, 0.25) is 0 Å². The van der Waals surface area contributed by atoms with E-state index in [0.29, 0.717) is 37.3 Å². The Kier molecular flexibility index (Phi) is 4.97. The summed E-state index contributed by atoms with van der Waals surface area (Å²) in [7, 11) is 0. The van der Waals surface area contributed by atoms with Crippen LogP contribution in [0, 0.1) is 34.5 Å². The van der Waals surface area contributed by atoms with Gasteiger partial charge in [0, 0.05) is 43.3 Å². The molecule has 7 heteroatoms. The standard InChI is InChI=1S/C19H22N2OS4/c20-7-9-1-3-13(23-9)15-5-11-17(22)12-6-16(26-19(12)18(11)25-15)14-4-2-10(8-21)24-14/h9-16,18-19H,1-6H2. The third-order valence-corrected chi connectivity index (χ3v) is 14.0. The number of nitriles is 2. The summed E-state index contributed by atoms with van der Waals surface area (Å²) < 4.78 is 0. The van der Waals surface area contributed by atoms with Gasteiger partial charge in [-0.2, -0.15) is 34.0 Å². The Morgan fingerprint density at radius 2 is 1.15 bits per heavy atom. The van der Waals surface area contributed by atoms with Gasteiger partial charge in [-0.05, 0) is 38.5 Å². The molecule has 0 bridgehead atoms. The average Bonchev–Trinajstić information content (AvgIpc) is 3.45. The van der Waals surface area contributed by atoms with Crippen LogP contribution in [-0.2, 0) is 4.79 Å². The molecule has 0 N–H and O–H groups in total. The molecule has 4 aliphatic heterocycles. The summed E-state index contributed by atoms with van der Waals surface area (Å²) in [5.74, 6) is 1.10. The van der Waals surface area contributed by atoms with Crippen LogP contribution >= 0.6 is 47.0 Å². The van der Waals surface area contributed by atoms with Gasteiger partial charge < -0.3 is 0 Å². The summed E-state index contributed by atoms with van der Waals surface area (Å²) >= 11 is 7.91. The predicted molar refractivity (Wildman–Crippen MR) is 112 cm³/mol. The molecule has 1 aliphatic carbocycles. The summed E-state index contributed by atoms with van der Waals surface area (Å²) in [5.41, 5.74) is 0. The van der Waals surface area contributed by atoms with Gasteiger partial charge >= 0.3 is 0 Å². The molecule has 0 radical (unpaired) electrons. The topological polar surface area (TPSA) is 64.7 Å². The average molecular weight is 423 g/mol.